The van der Waals surface area contributed by atoms with Crippen LogP contribution >= 0.6 is 0 Å². The van der Waals surface area contributed by atoms with Gasteiger partial charge in [0.1, 0.15) is 5.82 Å². The Kier molecular flexibility index (Phi) is 4.01. The van der Waals surface area contributed by atoms with Crippen molar-refractivity contribution in [3.05, 3.63) is 62.6 Å². The molecule has 0 saturated carbocycles. The molecular formula is C18H21N5O3. The molecule has 26 heavy (non-hydrogen) atoms. The zero-order valence-electron chi connectivity index (χ0n) is 14.8. The molecule has 0 bridgehead atoms. The summed E-state index contributed by atoms with van der Waals surface area (Å²) in [5.41, 5.74) is 1.06. The van der Waals surface area contributed by atoms with Gasteiger partial charge in [-0.2, -0.15) is 0 Å². The van der Waals surface area contributed by atoms with Gasteiger partial charge in [0.2, 0.25) is 0 Å². The molecule has 2 aromatic heterocycles. The van der Waals surface area contributed by atoms with Crippen LogP contribution in [0.3, 0.4) is 0 Å². The number of fused-ring (bicyclic) bond motifs is 3. The second kappa shape index (κ2) is 6.22. The van der Waals surface area contributed by atoms with Gasteiger partial charge < -0.3 is 9.67 Å². The van der Waals surface area contributed by atoms with E-state index in [4.69, 9.17) is 0 Å². The van der Waals surface area contributed by atoms with Crippen LogP contribution in [-0.4, -0.2) is 41.8 Å². The Morgan fingerprint density at radius 1 is 1.12 bits per heavy atom. The highest BCUT2D eigenvalue weighted by molar-refractivity contribution is 5.71. The third kappa shape index (κ3) is 2.58. The first-order valence-electron chi connectivity index (χ1n) is 8.58. The highest BCUT2D eigenvalue weighted by Crippen LogP contribution is 2.20. The van der Waals surface area contributed by atoms with Gasteiger partial charge in [-0.3, -0.25) is 18.8 Å². The van der Waals surface area contributed by atoms with E-state index in [1.54, 1.807) is 7.05 Å². The molecule has 1 N–H and O–H groups in total. The average Bonchev–Trinajstić information content (AvgIpc) is 3.04. The van der Waals surface area contributed by atoms with Gasteiger partial charge >= 0.3 is 5.69 Å². The molecule has 0 saturated heterocycles. The summed E-state index contributed by atoms with van der Waals surface area (Å²) in [4.78, 5) is 31.3. The third-order valence-electron chi connectivity index (χ3n) is 5.05. The third-order valence-corrected chi connectivity index (χ3v) is 5.05. The molecule has 0 aliphatic carbocycles. The number of imidazole rings is 1. The molecule has 8 heteroatoms. The minimum Gasteiger partial charge on any atom is -0.387 e. The number of aromatic nitrogens is 4. The van der Waals surface area contributed by atoms with Gasteiger partial charge in [0.25, 0.3) is 5.56 Å². The predicted octanol–water partition coefficient (Wildman–Crippen LogP) is -0.0171. The van der Waals surface area contributed by atoms with Crippen LogP contribution in [-0.2, 0) is 27.2 Å². The SMILES string of the molecule is Cn1c(=O)c2c(nc3n2CCN(CC(O)c2ccccc2)C3)n(C)c1=O. The molecule has 1 aliphatic heterocycles. The Balaban J connectivity index is 1.66. The first-order chi connectivity index (χ1) is 12.5. The average molecular weight is 355 g/mol. The van der Waals surface area contributed by atoms with Crippen molar-refractivity contribution in [3.8, 4) is 0 Å². The number of nitrogens with zero attached hydrogens (tertiary/aromatic N) is 5. The quantitative estimate of drug-likeness (QED) is 0.714. The van der Waals surface area contributed by atoms with E-state index >= 15 is 0 Å². The van der Waals surface area contributed by atoms with Crippen molar-refractivity contribution >= 4 is 11.2 Å². The predicted molar refractivity (Wildman–Crippen MR) is 96.9 cm³/mol. The van der Waals surface area contributed by atoms with Crippen LogP contribution in [0.25, 0.3) is 11.2 Å². The fourth-order valence-electron chi connectivity index (χ4n) is 3.55. The van der Waals surface area contributed by atoms with Gasteiger partial charge in [-0.05, 0) is 5.56 Å². The largest absolute Gasteiger partial charge is 0.387 e. The molecule has 3 aromatic rings. The first kappa shape index (κ1) is 16.7. The van der Waals surface area contributed by atoms with Crippen LogP contribution in [0, 0.1) is 0 Å². The maximum atomic E-state index is 12.5. The highest BCUT2D eigenvalue weighted by Gasteiger charge is 2.25. The lowest BCUT2D eigenvalue weighted by Crippen LogP contribution is -2.39. The standard InChI is InChI=1S/C18H21N5O3/c1-20-16-15(17(25)21(2)18(20)26)23-9-8-22(11-14(23)19-16)10-13(24)12-6-4-3-5-7-12/h3-7,13,24H,8-11H2,1-2H3. The number of aliphatic hydroxyl groups excluding tert-OH is 1. The van der Waals surface area contributed by atoms with E-state index in [2.05, 4.69) is 9.88 Å². The molecule has 1 unspecified atom stereocenters. The Bertz CT molecular complexity index is 1080. The Morgan fingerprint density at radius 2 is 1.85 bits per heavy atom. The maximum absolute atomic E-state index is 12.5. The number of hydrogen-bond acceptors (Lipinski definition) is 5. The van der Waals surface area contributed by atoms with Crippen molar-refractivity contribution in [2.24, 2.45) is 14.1 Å². The van der Waals surface area contributed by atoms with Gasteiger partial charge in [0.15, 0.2) is 11.2 Å². The number of rotatable bonds is 3. The van der Waals surface area contributed by atoms with Crippen molar-refractivity contribution < 1.29 is 5.11 Å². The minimum absolute atomic E-state index is 0.320. The number of hydrogen-bond donors (Lipinski definition) is 1. The van der Waals surface area contributed by atoms with Gasteiger partial charge in [-0.15, -0.1) is 0 Å². The van der Waals surface area contributed by atoms with E-state index < -0.39 is 6.10 Å². The summed E-state index contributed by atoms with van der Waals surface area (Å²) < 4.78 is 4.41. The number of aliphatic hydroxyl groups is 1. The summed E-state index contributed by atoms with van der Waals surface area (Å²) in [7, 11) is 3.11. The van der Waals surface area contributed by atoms with Crippen LogP contribution in [0.1, 0.15) is 17.5 Å². The van der Waals surface area contributed by atoms with Crippen molar-refractivity contribution in [2.75, 3.05) is 13.1 Å². The minimum atomic E-state index is -0.579. The normalized spacial score (nSPS) is 16.0. The number of aryl methyl sites for hydroxylation is 1. The van der Waals surface area contributed by atoms with Crippen LogP contribution in [0.2, 0.25) is 0 Å². The summed E-state index contributed by atoms with van der Waals surface area (Å²) in [5.74, 6) is 0.741. The molecule has 3 heterocycles. The summed E-state index contributed by atoms with van der Waals surface area (Å²) >= 11 is 0. The molecule has 0 fully saturated rings. The molecule has 1 aliphatic rings. The second-order valence-corrected chi connectivity index (χ2v) is 6.72. The smallest absolute Gasteiger partial charge is 0.332 e. The van der Waals surface area contributed by atoms with E-state index in [9.17, 15) is 14.7 Å². The molecule has 0 spiro atoms. The van der Waals surface area contributed by atoms with Crippen LogP contribution in [0.5, 0.6) is 0 Å². The lowest BCUT2D eigenvalue weighted by molar-refractivity contribution is 0.0968. The lowest BCUT2D eigenvalue weighted by atomic mass is 10.1. The Morgan fingerprint density at radius 3 is 2.58 bits per heavy atom. The summed E-state index contributed by atoms with van der Waals surface area (Å²) in [5, 5.41) is 10.5. The van der Waals surface area contributed by atoms with Crippen LogP contribution in [0.15, 0.2) is 39.9 Å². The zero-order valence-corrected chi connectivity index (χ0v) is 14.8. The van der Waals surface area contributed by atoms with E-state index in [-0.39, 0.29) is 11.2 Å². The molecule has 1 atom stereocenters. The van der Waals surface area contributed by atoms with E-state index in [1.807, 2.05) is 34.9 Å². The van der Waals surface area contributed by atoms with Crippen molar-refractivity contribution in [1.82, 2.24) is 23.6 Å². The molecule has 4 rings (SSSR count). The molecule has 8 nitrogen and oxygen atoms in total. The fourth-order valence-corrected chi connectivity index (χ4v) is 3.55. The van der Waals surface area contributed by atoms with E-state index in [0.29, 0.717) is 37.3 Å². The molecule has 136 valence electrons. The summed E-state index contributed by atoms with van der Waals surface area (Å²) in [6.45, 7) is 2.31. The maximum Gasteiger partial charge on any atom is 0.332 e. The molecule has 0 amide bonds. The highest BCUT2D eigenvalue weighted by atomic mass is 16.3. The van der Waals surface area contributed by atoms with E-state index in [0.717, 1.165) is 16.0 Å². The van der Waals surface area contributed by atoms with Gasteiger partial charge in [0, 0.05) is 33.7 Å². The zero-order chi connectivity index (χ0) is 18.4. The Labute approximate surface area is 149 Å². The molecular weight excluding hydrogens is 334 g/mol. The van der Waals surface area contributed by atoms with Gasteiger partial charge in [0.05, 0.1) is 12.6 Å². The van der Waals surface area contributed by atoms with Gasteiger partial charge in [-0.25, -0.2) is 9.78 Å². The van der Waals surface area contributed by atoms with Crippen molar-refractivity contribution in [2.45, 2.75) is 19.2 Å². The second-order valence-electron chi connectivity index (χ2n) is 6.72. The van der Waals surface area contributed by atoms with Gasteiger partial charge in [-0.1, -0.05) is 30.3 Å². The number of benzene rings is 1. The topological polar surface area (TPSA) is 85.3 Å². The lowest BCUT2D eigenvalue weighted by Gasteiger charge is -2.29. The summed E-state index contributed by atoms with van der Waals surface area (Å²) in [6.07, 6.45) is -0.579. The molecule has 0 radical (unpaired) electrons. The van der Waals surface area contributed by atoms with Crippen molar-refractivity contribution in [1.29, 1.82) is 0 Å². The monoisotopic (exact) mass is 355 g/mol. The fraction of sp³-hybridized carbons (Fsp3) is 0.389. The van der Waals surface area contributed by atoms with E-state index in [1.165, 1.54) is 11.6 Å². The van der Waals surface area contributed by atoms with Crippen LogP contribution < -0.4 is 11.2 Å². The van der Waals surface area contributed by atoms with Crippen LogP contribution in [0.4, 0.5) is 0 Å². The molecule has 1 aromatic carbocycles. The Hall–Kier alpha value is -2.71. The van der Waals surface area contributed by atoms with Crippen molar-refractivity contribution in [3.63, 3.8) is 0 Å². The number of β-amino-alcohol motifs (C(OH)–C–C–N with tert-alkyl or cyclic N) is 1. The summed E-state index contributed by atoms with van der Waals surface area (Å²) in [6, 6.07) is 9.55. The first-order valence-corrected chi connectivity index (χ1v) is 8.58.